The van der Waals surface area contributed by atoms with Gasteiger partial charge in [-0.25, -0.2) is 9.67 Å². The maximum atomic E-state index is 11.7. The standard InChI is InChI=1S/C25H19BrN4O4S/c1-15-3-8-20(9-16(15)2)28-25-29(22(13-35-25)17-4-6-19(26)7-5-17)27-12-18-10-23-24(34-14-33-23)11-21(18)30(31)32/h3-13H,14H2,1-2H3. The van der Waals surface area contributed by atoms with Crippen LogP contribution in [0.5, 0.6) is 11.5 Å². The smallest absolute Gasteiger partial charge is 0.282 e. The van der Waals surface area contributed by atoms with Crippen molar-refractivity contribution in [3.05, 3.63) is 96.1 Å². The Morgan fingerprint density at radius 1 is 1.06 bits per heavy atom. The highest BCUT2D eigenvalue weighted by molar-refractivity contribution is 9.10. The molecule has 1 aromatic heterocycles. The molecule has 0 N–H and O–H groups in total. The Hall–Kier alpha value is -3.76. The third-order valence-electron chi connectivity index (χ3n) is 5.57. The molecule has 0 saturated heterocycles. The number of nitro benzene ring substituents is 1. The molecule has 1 aliphatic rings. The van der Waals surface area contributed by atoms with Gasteiger partial charge in [-0.2, -0.15) is 5.10 Å². The highest BCUT2D eigenvalue weighted by Gasteiger charge is 2.22. The maximum Gasteiger partial charge on any atom is 0.282 e. The number of ether oxygens (including phenoxy) is 2. The molecule has 1 aliphatic heterocycles. The zero-order valence-electron chi connectivity index (χ0n) is 18.8. The van der Waals surface area contributed by atoms with Gasteiger partial charge in [-0.05, 0) is 55.3 Å². The number of aryl methyl sites for hydroxylation is 2. The van der Waals surface area contributed by atoms with Crippen molar-refractivity contribution in [2.75, 3.05) is 6.79 Å². The molecule has 0 amide bonds. The van der Waals surface area contributed by atoms with Crippen molar-refractivity contribution in [2.45, 2.75) is 13.8 Å². The second-order valence-corrected chi connectivity index (χ2v) is 9.62. The van der Waals surface area contributed by atoms with E-state index in [2.05, 4.69) is 28.0 Å². The number of halogens is 1. The third-order valence-corrected chi connectivity index (χ3v) is 6.92. The predicted molar refractivity (Wildman–Crippen MR) is 139 cm³/mol. The molecule has 0 fully saturated rings. The molecule has 176 valence electrons. The first kappa shape index (κ1) is 23.0. The fraction of sp³-hybridized carbons (Fsp3) is 0.120. The molecule has 3 aromatic carbocycles. The van der Waals surface area contributed by atoms with E-state index in [1.165, 1.54) is 29.2 Å². The molecule has 0 saturated carbocycles. The Bertz CT molecular complexity index is 1540. The summed E-state index contributed by atoms with van der Waals surface area (Å²) in [6, 6.07) is 16.8. The minimum absolute atomic E-state index is 0.0269. The fourth-order valence-corrected chi connectivity index (χ4v) is 4.66. The van der Waals surface area contributed by atoms with Crippen molar-refractivity contribution in [2.24, 2.45) is 10.1 Å². The summed E-state index contributed by atoms with van der Waals surface area (Å²) in [4.78, 5) is 16.7. The van der Waals surface area contributed by atoms with Crippen LogP contribution in [0.25, 0.3) is 11.3 Å². The van der Waals surface area contributed by atoms with Crippen LogP contribution in [0.4, 0.5) is 11.4 Å². The van der Waals surface area contributed by atoms with Crippen LogP contribution in [0.1, 0.15) is 16.7 Å². The predicted octanol–water partition coefficient (Wildman–Crippen LogP) is 6.35. The zero-order chi connectivity index (χ0) is 24.5. The molecular weight excluding hydrogens is 532 g/mol. The van der Waals surface area contributed by atoms with Crippen molar-refractivity contribution in [1.29, 1.82) is 0 Å². The first-order valence-electron chi connectivity index (χ1n) is 10.6. The molecule has 0 aliphatic carbocycles. The first-order chi connectivity index (χ1) is 16.9. The third kappa shape index (κ3) is 4.75. The van der Waals surface area contributed by atoms with E-state index in [4.69, 9.17) is 14.5 Å². The Morgan fingerprint density at radius 2 is 1.80 bits per heavy atom. The normalized spacial score (nSPS) is 13.1. The number of fused-ring (bicyclic) bond motifs is 1. The van der Waals surface area contributed by atoms with Crippen molar-refractivity contribution in [1.82, 2.24) is 4.68 Å². The average molecular weight is 551 g/mol. The quantitative estimate of drug-likeness (QED) is 0.164. The van der Waals surface area contributed by atoms with E-state index in [0.29, 0.717) is 21.9 Å². The molecular formula is C25H19BrN4O4S. The SMILES string of the molecule is Cc1ccc(N=c2scc(-c3ccc(Br)cc3)n2N=Cc2cc3c(cc2[N+](=O)[O-])OCO3)cc1C. The van der Waals surface area contributed by atoms with E-state index in [0.717, 1.165) is 27.0 Å². The van der Waals surface area contributed by atoms with Crippen LogP contribution in [0.3, 0.4) is 0 Å². The van der Waals surface area contributed by atoms with Gasteiger partial charge in [0.15, 0.2) is 11.5 Å². The molecule has 4 aromatic rings. The van der Waals surface area contributed by atoms with Gasteiger partial charge in [0.05, 0.1) is 34.1 Å². The van der Waals surface area contributed by atoms with Gasteiger partial charge in [-0.3, -0.25) is 10.1 Å². The van der Waals surface area contributed by atoms with Gasteiger partial charge in [-0.15, -0.1) is 11.3 Å². The highest BCUT2D eigenvalue weighted by atomic mass is 79.9. The molecule has 10 heteroatoms. The monoisotopic (exact) mass is 550 g/mol. The molecule has 8 nitrogen and oxygen atoms in total. The Morgan fingerprint density at radius 3 is 2.51 bits per heavy atom. The lowest BCUT2D eigenvalue weighted by Crippen LogP contribution is -2.11. The van der Waals surface area contributed by atoms with Crippen LogP contribution in [-0.2, 0) is 0 Å². The topological polar surface area (TPSA) is 91.2 Å². The van der Waals surface area contributed by atoms with Crippen LogP contribution < -0.4 is 14.3 Å². The summed E-state index contributed by atoms with van der Waals surface area (Å²) in [5, 5.41) is 18.3. The maximum absolute atomic E-state index is 11.7. The number of hydrogen-bond acceptors (Lipinski definition) is 7. The number of benzene rings is 3. The largest absolute Gasteiger partial charge is 0.454 e. The number of nitro groups is 1. The van der Waals surface area contributed by atoms with E-state index < -0.39 is 4.92 Å². The van der Waals surface area contributed by atoms with Crippen molar-refractivity contribution >= 4 is 44.9 Å². The van der Waals surface area contributed by atoms with Crippen LogP contribution >= 0.6 is 27.3 Å². The van der Waals surface area contributed by atoms with Gasteiger partial charge in [0.2, 0.25) is 11.6 Å². The van der Waals surface area contributed by atoms with Crippen LogP contribution in [-0.4, -0.2) is 22.6 Å². The molecule has 0 atom stereocenters. The van der Waals surface area contributed by atoms with E-state index in [1.54, 1.807) is 10.7 Å². The molecule has 0 unspecified atom stereocenters. The second kappa shape index (κ2) is 9.47. The number of hydrogen-bond donors (Lipinski definition) is 0. The summed E-state index contributed by atoms with van der Waals surface area (Å²) in [5.41, 5.74) is 5.06. The van der Waals surface area contributed by atoms with Crippen LogP contribution in [0.2, 0.25) is 0 Å². The summed E-state index contributed by atoms with van der Waals surface area (Å²) in [6.45, 7) is 4.12. The first-order valence-corrected chi connectivity index (χ1v) is 12.3. The van der Waals surface area contributed by atoms with E-state index in [-0.39, 0.29) is 12.5 Å². The van der Waals surface area contributed by atoms with Gasteiger partial charge in [0, 0.05) is 15.4 Å². The number of nitrogens with zero attached hydrogens (tertiary/aromatic N) is 4. The number of thiazole rings is 1. The van der Waals surface area contributed by atoms with Crippen molar-refractivity contribution < 1.29 is 14.4 Å². The molecule has 5 rings (SSSR count). The van der Waals surface area contributed by atoms with Crippen molar-refractivity contribution in [3.63, 3.8) is 0 Å². The minimum atomic E-state index is -0.461. The van der Waals surface area contributed by atoms with Crippen molar-refractivity contribution in [3.8, 4) is 22.8 Å². The molecule has 0 spiro atoms. The van der Waals surface area contributed by atoms with Gasteiger partial charge >= 0.3 is 0 Å². The van der Waals surface area contributed by atoms with Gasteiger partial charge < -0.3 is 9.47 Å². The lowest BCUT2D eigenvalue weighted by Gasteiger charge is -2.05. The van der Waals surface area contributed by atoms with Gasteiger partial charge in [0.25, 0.3) is 5.69 Å². The summed E-state index contributed by atoms with van der Waals surface area (Å²) >= 11 is 4.91. The Balaban J connectivity index is 1.65. The number of aromatic nitrogens is 1. The van der Waals surface area contributed by atoms with Gasteiger partial charge in [0.1, 0.15) is 0 Å². The van der Waals surface area contributed by atoms with Crippen LogP contribution in [0, 0.1) is 24.0 Å². The van der Waals surface area contributed by atoms with Gasteiger partial charge in [-0.1, -0.05) is 34.1 Å². The lowest BCUT2D eigenvalue weighted by atomic mass is 10.1. The second-order valence-electron chi connectivity index (χ2n) is 7.87. The summed E-state index contributed by atoms with van der Waals surface area (Å²) in [6.07, 6.45) is 1.45. The lowest BCUT2D eigenvalue weighted by molar-refractivity contribution is -0.385. The minimum Gasteiger partial charge on any atom is -0.454 e. The summed E-state index contributed by atoms with van der Waals surface area (Å²) < 4.78 is 13.3. The molecule has 0 radical (unpaired) electrons. The zero-order valence-corrected chi connectivity index (χ0v) is 21.2. The molecule has 0 bridgehead atoms. The van der Waals surface area contributed by atoms with E-state index in [1.807, 2.05) is 54.8 Å². The van der Waals surface area contributed by atoms with E-state index >= 15 is 0 Å². The highest BCUT2D eigenvalue weighted by Crippen LogP contribution is 2.37. The average Bonchev–Trinajstić information content (AvgIpc) is 3.46. The molecule has 2 heterocycles. The Kier molecular flexibility index (Phi) is 6.23. The van der Waals surface area contributed by atoms with E-state index in [9.17, 15) is 10.1 Å². The van der Waals surface area contributed by atoms with Crippen LogP contribution in [0.15, 0.2) is 74.5 Å². The Labute approximate surface area is 213 Å². The summed E-state index contributed by atoms with van der Waals surface area (Å²) in [7, 11) is 0. The molecule has 35 heavy (non-hydrogen) atoms. The number of rotatable bonds is 5. The summed E-state index contributed by atoms with van der Waals surface area (Å²) in [5.74, 6) is 0.790. The fourth-order valence-electron chi connectivity index (χ4n) is 3.54.